The maximum atomic E-state index is 15.0. The van der Waals surface area contributed by atoms with Crippen LogP contribution in [0.4, 0.5) is 19.0 Å². The molecule has 0 aliphatic rings. The summed E-state index contributed by atoms with van der Waals surface area (Å²) in [7, 11) is 0. The van der Waals surface area contributed by atoms with Crippen LogP contribution >= 0.6 is 0 Å². The number of hydrogen-bond acceptors (Lipinski definition) is 7. The molecule has 0 bridgehead atoms. The average Bonchev–Trinajstić information content (AvgIpc) is 3.35. The molecule has 0 aliphatic heterocycles. The van der Waals surface area contributed by atoms with Gasteiger partial charge in [0.15, 0.2) is 17.2 Å². The number of halogens is 3. The summed E-state index contributed by atoms with van der Waals surface area (Å²) in [5.41, 5.74) is 7.08. The molecule has 0 aliphatic carbocycles. The molecule has 0 amide bonds. The van der Waals surface area contributed by atoms with E-state index in [0.29, 0.717) is 22.3 Å². The summed E-state index contributed by atoms with van der Waals surface area (Å²) in [4.78, 5) is 26.9. The SMILES string of the molecule is CC(C)Oc1ccc(-c2nn(C(C)c3nc4ccc(F)cc4c(=O)n3-c3cccc(F)c3)c3ncnc(N)c23)cc1F. The first-order valence-corrected chi connectivity index (χ1v) is 13.1. The van der Waals surface area contributed by atoms with Crippen molar-refractivity contribution in [1.29, 1.82) is 0 Å². The van der Waals surface area contributed by atoms with Crippen LogP contribution in [-0.2, 0) is 0 Å². The largest absolute Gasteiger partial charge is 0.488 e. The van der Waals surface area contributed by atoms with Gasteiger partial charge >= 0.3 is 0 Å². The Balaban J connectivity index is 1.59. The molecule has 2 N–H and O–H groups in total. The minimum absolute atomic E-state index is 0.0203. The zero-order chi connectivity index (χ0) is 29.7. The minimum Gasteiger partial charge on any atom is -0.488 e. The fraction of sp³-hybridized carbons (Fsp3) is 0.167. The van der Waals surface area contributed by atoms with E-state index >= 15 is 0 Å². The molecule has 12 heteroatoms. The van der Waals surface area contributed by atoms with Crippen molar-refractivity contribution >= 4 is 27.8 Å². The smallest absolute Gasteiger partial charge is 0.266 e. The zero-order valence-corrected chi connectivity index (χ0v) is 22.7. The Morgan fingerprint density at radius 2 is 1.71 bits per heavy atom. The maximum absolute atomic E-state index is 15.0. The molecular weight excluding hydrogens is 547 g/mol. The lowest BCUT2D eigenvalue weighted by atomic mass is 10.1. The molecule has 9 nitrogen and oxygen atoms in total. The van der Waals surface area contributed by atoms with Crippen molar-refractivity contribution in [2.75, 3.05) is 5.73 Å². The Hall–Kier alpha value is -5.26. The number of hydrogen-bond donors (Lipinski definition) is 1. The van der Waals surface area contributed by atoms with Crippen molar-refractivity contribution in [1.82, 2.24) is 29.3 Å². The minimum atomic E-state index is -0.797. The molecule has 3 heterocycles. The quantitative estimate of drug-likeness (QED) is 0.277. The van der Waals surface area contributed by atoms with E-state index in [0.717, 1.165) is 6.07 Å². The van der Waals surface area contributed by atoms with Crippen LogP contribution in [0.5, 0.6) is 5.75 Å². The van der Waals surface area contributed by atoms with Crippen molar-refractivity contribution < 1.29 is 17.9 Å². The van der Waals surface area contributed by atoms with E-state index in [2.05, 4.69) is 15.0 Å². The number of ether oxygens (including phenoxy) is 1. The van der Waals surface area contributed by atoms with E-state index in [-0.39, 0.29) is 40.1 Å². The van der Waals surface area contributed by atoms with Gasteiger partial charge in [0, 0.05) is 5.56 Å². The van der Waals surface area contributed by atoms with Crippen molar-refractivity contribution in [3.05, 3.63) is 101 Å². The van der Waals surface area contributed by atoms with E-state index in [1.165, 1.54) is 58.0 Å². The monoisotopic (exact) mass is 571 g/mol. The molecule has 6 rings (SSSR count). The highest BCUT2D eigenvalue weighted by Crippen LogP contribution is 2.35. The maximum Gasteiger partial charge on any atom is 0.266 e. The van der Waals surface area contributed by atoms with Crippen LogP contribution in [0.2, 0.25) is 0 Å². The predicted octanol–water partition coefficient (Wildman–Crippen LogP) is 5.59. The zero-order valence-electron chi connectivity index (χ0n) is 22.7. The van der Waals surface area contributed by atoms with Gasteiger partial charge in [-0.15, -0.1) is 0 Å². The van der Waals surface area contributed by atoms with Crippen LogP contribution in [-0.4, -0.2) is 35.4 Å². The second-order valence-electron chi connectivity index (χ2n) is 9.99. The van der Waals surface area contributed by atoms with Gasteiger partial charge in [0.05, 0.1) is 28.1 Å². The van der Waals surface area contributed by atoms with E-state index in [1.54, 1.807) is 32.9 Å². The standard InChI is InChI=1S/C30H24F3N7O2/c1-15(2)42-24-10-7-17(11-22(24)33)26-25-27(34)35-14-36-29(25)40(38-26)16(3)28-37-23-9-8-19(32)13-21(23)30(41)39(28)20-6-4-5-18(31)12-20/h4-16H,1-3H3,(H2,34,35,36). The molecule has 1 atom stereocenters. The number of aromatic nitrogens is 6. The third-order valence-electron chi connectivity index (χ3n) is 6.75. The van der Waals surface area contributed by atoms with Gasteiger partial charge in [0.25, 0.3) is 5.56 Å². The lowest BCUT2D eigenvalue weighted by Crippen LogP contribution is -2.27. The van der Waals surface area contributed by atoms with Crippen LogP contribution in [0.3, 0.4) is 0 Å². The van der Waals surface area contributed by atoms with E-state index in [9.17, 15) is 18.0 Å². The van der Waals surface area contributed by atoms with E-state index < -0.39 is 29.1 Å². The highest BCUT2D eigenvalue weighted by Gasteiger charge is 2.26. The van der Waals surface area contributed by atoms with Crippen LogP contribution in [0.15, 0.2) is 71.8 Å². The van der Waals surface area contributed by atoms with Gasteiger partial charge in [-0.05, 0) is 75.4 Å². The summed E-state index contributed by atoms with van der Waals surface area (Å²) in [6, 6.07) is 12.8. The summed E-state index contributed by atoms with van der Waals surface area (Å²) >= 11 is 0. The number of rotatable bonds is 6. The van der Waals surface area contributed by atoms with Crippen LogP contribution in [0.1, 0.15) is 32.6 Å². The molecule has 0 radical (unpaired) electrons. The molecule has 3 aromatic heterocycles. The van der Waals surface area contributed by atoms with Gasteiger partial charge in [-0.1, -0.05) is 6.07 Å². The Morgan fingerprint density at radius 1 is 0.929 bits per heavy atom. The molecule has 0 spiro atoms. The molecular formula is C30H24F3N7O2. The summed E-state index contributed by atoms with van der Waals surface area (Å²) < 4.78 is 51.7. The van der Waals surface area contributed by atoms with E-state index in [4.69, 9.17) is 15.6 Å². The topological polar surface area (TPSA) is 114 Å². The number of benzene rings is 3. The second-order valence-corrected chi connectivity index (χ2v) is 9.99. The summed E-state index contributed by atoms with van der Waals surface area (Å²) in [6.07, 6.45) is 1.04. The van der Waals surface area contributed by atoms with Gasteiger partial charge in [-0.25, -0.2) is 32.8 Å². The van der Waals surface area contributed by atoms with Crippen LogP contribution < -0.4 is 16.0 Å². The third-order valence-corrected chi connectivity index (χ3v) is 6.75. The summed E-state index contributed by atoms with van der Waals surface area (Å²) in [6.45, 7) is 5.31. The highest BCUT2D eigenvalue weighted by atomic mass is 19.1. The number of nitrogens with two attached hydrogens (primary N) is 1. The lowest BCUT2D eigenvalue weighted by molar-refractivity contribution is 0.231. The van der Waals surface area contributed by atoms with Crippen molar-refractivity contribution in [3.63, 3.8) is 0 Å². The average molecular weight is 572 g/mol. The van der Waals surface area contributed by atoms with Crippen molar-refractivity contribution in [2.45, 2.75) is 32.9 Å². The lowest BCUT2D eigenvalue weighted by Gasteiger charge is -2.19. The Bertz CT molecular complexity index is 2060. The Morgan fingerprint density at radius 3 is 2.45 bits per heavy atom. The molecule has 1 unspecified atom stereocenters. The van der Waals surface area contributed by atoms with Gasteiger partial charge < -0.3 is 10.5 Å². The Kier molecular flexibility index (Phi) is 6.60. The third kappa shape index (κ3) is 4.60. The Labute approximate surface area is 237 Å². The molecule has 42 heavy (non-hydrogen) atoms. The van der Waals surface area contributed by atoms with Gasteiger partial charge in [0.1, 0.15) is 41.3 Å². The van der Waals surface area contributed by atoms with Crippen molar-refractivity contribution in [3.8, 4) is 22.7 Å². The summed E-state index contributed by atoms with van der Waals surface area (Å²) in [5, 5.41) is 5.13. The predicted molar refractivity (Wildman–Crippen MR) is 152 cm³/mol. The molecule has 212 valence electrons. The number of nitrogen functional groups attached to an aromatic ring is 1. The molecule has 0 saturated heterocycles. The normalized spacial score (nSPS) is 12.4. The molecule has 0 saturated carbocycles. The molecule has 6 aromatic rings. The highest BCUT2D eigenvalue weighted by molar-refractivity contribution is 5.98. The van der Waals surface area contributed by atoms with Crippen molar-refractivity contribution in [2.24, 2.45) is 0 Å². The number of anilines is 1. The fourth-order valence-electron chi connectivity index (χ4n) is 4.89. The molecule has 0 fully saturated rings. The number of nitrogens with zero attached hydrogens (tertiary/aromatic N) is 6. The molecule has 3 aromatic carbocycles. The van der Waals surface area contributed by atoms with Gasteiger partial charge in [0.2, 0.25) is 0 Å². The summed E-state index contributed by atoms with van der Waals surface area (Å²) in [5.74, 6) is -1.40. The first kappa shape index (κ1) is 26.9. The first-order chi connectivity index (χ1) is 20.1. The first-order valence-electron chi connectivity index (χ1n) is 13.1. The number of fused-ring (bicyclic) bond motifs is 2. The fourth-order valence-corrected chi connectivity index (χ4v) is 4.89. The second kappa shape index (κ2) is 10.3. The van der Waals surface area contributed by atoms with E-state index in [1.807, 2.05) is 0 Å². The van der Waals surface area contributed by atoms with Gasteiger partial charge in [-0.3, -0.25) is 9.36 Å². The van der Waals surface area contributed by atoms with Crippen LogP contribution in [0.25, 0.3) is 38.9 Å². The van der Waals surface area contributed by atoms with Gasteiger partial charge in [-0.2, -0.15) is 5.10 Å². The van der Waals surface area contributed by atoms with Crippen LogP contribution in [0, 0.1) is 17.5 Å².